The monoisotopic (exact) mass is 280 g/mol. The van der Waals surface area contributed by atoms with Crippen LogP contribution in [0.3, 0.4) is 0 Å². The average Bonchev–Trinajstić information content (AvgIpc) is 2.16. The number of nitrogens with zero attached hydrogens (tertiary/aromatic N) is 1. The predicted octanol–water partition coefficient (Wildman–Crippen LogP) is 1.94. The van der Waals surface area contributed by atoms with Crippen LogP contribution in [0.1, 0.15) is 28.0 Å². The van der Waals surface area contributed by atoms with E-state index in [2.05, 4.69) is 20.9 Å². The summed E-state index contributed by atoms with van der Waals surface area (Å²) < 4.78 is 25.2. The van der Waals surface area contributed by atoms with Crippen molar-refractivity contribution in [2.75, 3.05) is 0 Å². The van der Waals surface area contributed by atoms with Gasteiger partial charge < -0.3 is 10.8 Å². The number of carbonyl (C=O) groups is 1. The Morgan fingerprint density at radius 2 is 2.27 bits per heavy atom. The van der Waals surface area contributed by atoms with Gasteiger partial charge in [0.25, 0.3) is 6.43 Å². The number of aromatic nitrogens is 1. The van der Waals surface area contributed by atoms with Crippen LogP contribution in [-0.4, -0.2) is 16.1 Å². The first-order chi connectivity index (χ1) is 6.99. The van der Waals surface area contributed by atoms with Gasteiger partial charge in [-0.3, -0.25) is 4.98 Å². The number of hydrogen-bond donors (Lipinski definition) is 2. The van der Waals surface area contributed by atoms with Gasteiger partial charge in [0.15, 0.2) is 0 Å². The van der Waals surface area contributed by atoms with Crippen LogP contribution in [0.15, 0.2) is 10.7 Å². The minimum atomic E-state index is -2.89. The van der Waals surface area contributed by atoms with E-state index >= 15 is 0 Å². The van der Waals surface area contributed by atoms with E-state index in [0.29, 0.717) is 0 Å². The van der Waals surface area contributed by atoms with Gasteiger partial charge in [0, 0.05) is 22.8 Å². The van der Waals surface area contributed by atoms with Crippen molar-refractivity contribution in [2.24, 2.45) is 5.73 Å². The molecule has 0 aliphatic rings. The Morgan fingerprint density at radius 1 is 1.67 bits per heavy atom. The third-order valence-corrected chi connectivity index (χ3v) is 2.41. The Kier molecular flexibility index (Phi) is 3.70. The topological polar surface area (TPSA) is 76.2 Å². The smallest absolute Gasteiger partial charge is 0.338 e. The summed E-state index contributed by atoms with van der Waals surface area (Å²) in [6.07, 6.45) is -1.77. The fourth-order valence-corrected chi connectivity index (χ4v) is 1.62. The lowest BCUT2D eigenvalue weighted by Crippen LogP contribution is -2.13. The Morgan fingerprint density at radius 3 is 2.67 bits per heavy atom. The van der Waals surface area contributed by atoms with Crippen LogP contribution in [0.25, 0.3) is 0 Å². The van der Waals surface area contributed by atoms with E-state index in [4.69, 9.17) is 10.8 Å². The number of pyridine rings is 1. The van der Waals surface area contributed by atoms with E-state index in [-0.39, 0.29) is 16.7 Å². The summed E-state index contributed by atoms with van der Waals surface area (Å²) in [6, 6.07) is 0. The molecule has 0 saturated carbocycles. The van der Waals surface area contributed by atoms with Crippen LogP contribution in [0.4, 0.5) is 8.78 Å². The van der Waals surface area contributed by atoms with Gasteiger partial charge in [0.2, 0.25) is 0 Å². The summed E-state index contributed by atoms with van der Waals surface area (Å²) in [5.74, 6) is -1.46. The number of aromatic carboxylic acids is 1. The van der Waals surface area contributed by atoms with E-state index in [0.717, 1.165) is 6.20 Å². The average molecular weight is 281 g/mol. The second-order valence-electron chi connectivity index (χ2n) is 2.65. The lowest BCUT2D eigenvalue weighted by Gasteiger charge is -2.10. The van der Waals surface area contributed by atoms with E-state index < -0.39 is 23.5 Å². The first-order valence-electron chi connectivity index (χ1n) is 3.87. The largest absolute Gasteiger partial charge is 0.478 e. The number of alkyl halides is 2. The summed E-state index contributed by atoms with van der Waals surface area (Å²) in [5, 5.41) is 8.80. The normalized spacial score (nSPS) is 10.7. The third-order valence-electron chi connectivity index (χ3n) is 1.77. The van der Waals surface area contributed by atoms with Crippen molar-refractivity contribution in [1.82, 2.24) is 4.98 Å². The molecule has 82 valence electrons. The SMILES string of the molecule is NCc1ncc(Br)c(C(F)F)c1C(=O)O. The lowest BCUT2D eigenvalue weighted by atomic mass is 10.1. The second kappa shape index (κ2) is 4.63. The van der Waals surface area contributed by atoms with Crippen molar-refractivity contribution in [3.05, 3.63) is 27.5 Å². The van der Waals surface area contributed by atoms with E-state index in [1.54, 1.807) is 0 Å². The second-order valence-corrected chi connectivity index (χ2v) is 3.51. The van der Waals surface area contributed by atoms with E-state index in [9.17, 15) is 13.6 Å². The number of nitrogens with two attached hydrogens (primary N) is 1. The van der Waals surface area contributed by atoms with Gasteiger partial charge in [-0.1, -0.05) is 0 Å². The number of hydrogen-bond acceptors (Lipinski definition) is 3. The zero-order valence-corrected chi connectivity index (χ0v) is 8.96. The molecule has 0 fully saturated rings. The molecule has 0 aliphatic carbocycles. The number of carboxylic acid groups (broad SMARTS) is 1. The van der Waals surface area contributed by atoms with Crippen LogP contribution < -0.4 is 5.73 Å². The molecule has 1 aromatic heterocycles. The van der Waals surface area contributed by atoms with Crippen LogP contribution in [-0.2, 0) is 6.54 Å². The lowest BCUT2D eigenvalue weighted by molar-refractivity contribution is 0.0682. The molecule has 0 aliphatic heterocycles. The Balaban J connectivity index is 3.51. The summed E-state index contributed by atoms with van der Waals surface area (Å²) in [5.41, 5.74) is 4.06. The molecule has 15 heavy (non-hydrogen) atoms. The molecule has 0 radical (unpaired) electrons. The van der Waals surface area contributed by atoms with Gasteiger partial charge in [-0.15, -0.1) is 0 Å². The van der Waals surface area contributed by atoms with Crippen molar-refractivity contribution in [2.45, 2.75) is 13.0 Å². The number of carboxylic acids is 1. The summed E-state index contributed by atoms with van der Waals surface area (Å²) in [6.45, 7) is -0.200. The highest BCUT2D eigenvalue weighted by molar-refractivity contribution is 9.10. The van der Waals surface area contributed by atoms with Gasteiger partial charge in [-0.2, -0.15) is 0 Å². The fourth-order valence-electron chi connectivity index (χ4n) is 1.15. The fraction of sp³-hybridized carbons (Fsp3) is 0.250. The molecule has 0 bridgehead atoms. The molecule has 4 nitrogen and oxygen atoms in total. The van der Waals surface area contributed by atoms with Crippen molar-refractivity contribution in [3.63, 3.8) is 0 Å². The Labute approximate surface area is 92.2 Å². The summed E-state index contributed by atoms with van der Waals surface area (Å²) >= 11 is 2.83. The molecule has 0 aromatic carbocycles. The molecule has 0 spiro atoms. The van der Waals surface area contributed by atoms with E-state index in [1.807, 2.05) is 0 Å². The maximum absolute atomic E-state index is 12.6. The number of halogens is 3. The van der Waals surface area contributed by atoms with Crippen LogP contribution in [0.2, 0.25) is 0 Å². The van der Waals surface area contributed by atoms with Crippen molar-refractivity contribution < 1.29 is 18.7 Å². The maximum Gasteiger partial charge on any atom is 0.338 e. The Bertz CT molecular complexity index is 398. The molecule has 0 atom stereocenters. The quantitative estimate of drug-likeness (QED) is 0.887. The summed E-state index contributed by atoms with van der Waals surface area (Å²) in [7, 11) is 0. The van der Waals surface area contributed by atoms with Gasteiger partial charge >= 0.3 is 5.97 Å². The van der Waals surface area contributed by atoms with Crippen molar-refractivity contribution in [1.29, 1.82) is 0 Å². The zero-order chi connectivity index (χ0) is 11.6. The zero-order valence-electron chi connectivity index (χ0n) is 7.38. The third kappa shape index (κ3) is 2.29. The van der Waals surface area contributed by atoms with Crippen LogP contribution in [0.5, 0.6) is 0 Å². The van der Waals surface area contributed by atoms with Crippen LogP contribution in [0, 0.1) is 0 Å². The molecule has 1 aromatic rings. The minimum absolute atomic E-state index is 0.0351. The van der Waals surface area contributed by atoms with Gasteiger partial charge in [0.05, 0.1) is 11.3 Å². The molecular weight excluding hydrogens is 274 g/mol. The van der Waals surface area contributed by atoms with Crippen molar-refractivity contribution in [3.8, 4) is 0 Å². The standard InChI is InChI=1S/C8H7BrF2N2O2/c9-3-2-13-4(1-12)6(8(14)15)5(3)7(10)11/h2,7H,1,12H2,(H,14,15). The van der Waals surface area contributed by atoms with Gasteiger partial charge in [-0.25, -0.2) is 13.6 Å². The molecular formula is C8H7BrF2N2O2. The van der Waals surface area contributed by atoms with Gasteiger partial charge in [-0.05, 0) is 15.9 Å². The molecule has 7 heteroatoms. The maximum atomic E-state index is 12.6. The van der Waals surface area contributed by atoms with Crippen molar-refractivity contribution >= 4 is 21.9 Å². The molecule has 1 rings (SSSR count). The highest BCUT2D eigenvalue weighted by Crippen LogP contribution is 2.31. The van der Waals surface area contributed by atoms with Crippen LogP contribution >= 0.6 is 15.9 Å². The molecule has 0 saturated heterocycles. The molecule has 0 amide bonds. The molecule has 3 N–H and O–H groups in total. The summed E-state index contributed by atoms with van der Waals surface area (Å²) in [4.78, 5) is 14.5. The Hall–Kier alpha value is -1.08. The molecule has 1 heterocycles. The minimum Gasteiger partial charge on any atom is -0.478 e. The molecule has 0 unspecified atom stereocenters. The number of rotatable bonds is 3. The van der Waals surface area contributed by atoms with E-state index in [1.165, 1.54) is 0 Å². The predicted molar refractivity (Wildman–Crippen MR) is 51.7 cm³/mol. The first-order valence-corrected chi connectivity index (χ1v) is 4.67. The van der Waals surface area contributed by atoms with Gasteiger partial charge in [0.1, 0.15) is 0 Å². The highest BCUT2D eigenvalue weighted by Gasteiger charge is 2.24. The highest BCUT2D eigenvalue weighted by atomic mass is 79.9. The first kappa shape index (κ1) is 12.0.